The molecule has 2 rings (SSSR count). The van der Waals surface area contributed by atoms with E-state index in [-0.39, 0.29) is 17.3 Å². The number of carbonyl (C=O) groups excluding carboxylic acids is 2. The second-order valence-electron chi connectivity index (χ2n) is 5.44. The second-order valence-corrected chi connectivity index (χ2v) is 5.87. The third-order valence-electron chi connectivity index (χ3n) is 3.49. The van der Waals surface area contributed by atoms with Crippen LogP contribution in [0.15, 0.2) is 48.7 Å². The highest BCUT2D eigenvalue weighted by Crippen LogP contribution is 2.33. The number of methoxy groups -OCH3 is 1. The fourth-order valence-corrected chi connectivity index (χ4v) is 2.33. The molecule has 6 nitrogen and oxygen atoms in total. The smallest absolute Gasteiger partial charge is 0.441 e. The minimum atomic E-state index is -5.23. The lowest BCUT2D eigenvalue weighted by atomic mass is 10.1. The summed E-state index contributed by atoms with van der Waals surface area (Å²) in [6, 6.07) is 10.5. The molecule has 0 aliphatic rings. The zero-order chi connectivity index (χ0) is 20.1. The SMILES string of the molecule is COC(=O)[C@@](NC(=O)Cc1ccccc1)(Nc1ccc(Cl)cn1)C(F)(F)F. The quantitative estimate of drug-likeness (QED) is 0.574. The summed E-state index contributed by atoms with van der Waals surface area (Å²) >= 11 is 5.66. The Morgan fingerprint density at radius 2 is 1.81 bits per heavy atom. The number of carbonyl (C=O) groups is 2. The predicted octanol–water partition coefficient (Wildman–Crippen LogP) is 2.94. The first-order chi connectivity index (χ1) is 12.7. The highest BCUT2D eigenvalue weighted by molar-refractivity contribution is 6.30. The highest BCUT2D eigenvalue weighted by Gasteiger charge is 2.63. The molecule has 27 heavy (non-hydrogen) atoms. The van der Waals surface area contributed by atoms with Crippen molar-refractivity contribution in [3.8, 4) is 0 Å². The first-order valence-electron chi connectivity index (χ1n) is 7.58. The third kappa shape index (κ3) is 4.88. The fraction of sp³-hybridized carbons (Fsp3) is 0.235. The van der Waals surface area contributed by atoms with Gasteiger partial charge in [-0.15, -0.1) is 0 Å². The molecule has 0 fully saturated rings. The molecule has 0 unspecified atom stereocenters. The number of pyridine rings is 1. The molecule has 1 amide bonds. The fourth-order valence-electron chi connectivity index (χ4n) is 2.22. The lowest BCUT2D eigenvalue weighted by molar-refractivity contribution is -0.206. The van der Waals surface area contributed by atoms with Gasteiger partial charge in [0.1, 0.15) is 5.82 Å². The molecule has 1 aromatic heterocycles. The molecule has 0 spiro atoms. The van der Waals surface area contributed by atoms with E-state index in [1.807, 2.05) is 5.32 Å². The number of ether oxygens (including phenoxy) is 1. The Morgan fingerprint density at radius 1 is 1.15 bits per heavy atom. The Balaban J connectivity index is 2.36. The van der Waals surface area contributed by atoms with Crippen molar-refractivity contribution in [2.24, 2.45) is 0 Å². The molecular weight excluding hydrogens is 387 g/mol. The number of amides is 1. The number of nitrogens with zero attached hydrogens (tertiary/aromatic N) is 1. The average molecular weight is 402 g/mol. The van der Waals surface area contributed by atoms with Gasteiger partial charge in [-0.05, 0) is 17.7 Å². The lowest BCUT2D eigenvalue weighted by Gasteiger charge is -2.34. The van der Waals surface area contributed by atoms with E-state index in [1.165, 1.54) is 6.07 Å². The molecular formula is C17H15ClF3N3O3. The predicted molar refractivity (Wildman–Crippen MR) is 92.0 cm³/mol. The van der Waals surface area contributed by atoms with Crippen molar-refractivity contribution in [2.45, 2.75) is 18.3 Å². The molecule has 10 heteroatoms. The van der Waals surface area contributed by atoms with Gasteiger partial charge in [-0.1, -0.05) is 41.9 Å². The molecule has 0 saturated heterocycles. The van der Waals surface area contributed by atoms with E-state index < -0.39 is 23.7 Å². The van der Waals surface area contributed by atoms with Crippen molar-refractivity contribution in [2.75, 3.05) is 12.4 Å². The van der Waals surface area contributed by atoms with Gasteiger partial charge in [0, 0.05) is 6.20 Å². The maximum Gasteiger partial charge on any atom is 0.441 e. The number of alkyl halides is 3. The van der Waals surface area contributed by atoms with Crippen molar-refractivity contribution in [1.29, 1.82) is 0 Å². The Morgan fingerprint density at radius 3 is 2.33 bits per heavy atom. The maximum atomic E-state index is 13.8. The number of hydrogen-bond acceptors (Lipinski definition) is 5. The number of benzene rings is 1. The van der Waals surface area contributed by atoms with Crippen molar-refractivity contribution >= 4 is 29.3 Å². The van der Waals surface area contributed by atoms with E-state index in [2.05, 4.69) is 9.72 Å². The van der Waals surface area contributed by atoms with Crippen LogP contribution in [-0.2, 0) is 20.7 Å². The van der Waals surface area contributed by atoms with Crippen LogP contribution in [0.2, 0.25) is 5.02 Å². The van der Waals surface area contributed by atoms with Gasteiger partial charge < -0.3 is 15.4 Å². The number of esters is 1. The molecule has 0 saturated carbocycles. The minimum absolute atomic E-state index is 0.185. The van der Waals surface area contributed by atoms with Crippen molar-refractivity contribution in [3.63, 3.8) is 0 Å². The number of aromatic nitrogens is 1. The molecule has 0 aliphatic heterocycles. The highest BCUT2D eigenvalue weighted by atomic mass is 35.5. The third-order valence-corrected chi connectivity index (χ3v) is 3.72. The monoisotopic (exact) mass is 401 g/mol. The van der Waals surface area contributed by atoms with Crippen LogP contribution >= 0.6 is 11.6 Å². The van der Waals surface area contributed by atoms with Gasteiger partial charge >= 0.3 is 17.8 Å². The Labute approximate surface area is 157 Å². The average Bonchev–Trinajstić information content (AvgIpc) is 2.62. The van der Waals surface area contributed by atoms with Gasteiger partial charge in [0.2, 0.25) is 5.91 Å². The van der Waals surface area contributed by atoms with Crippen LogP contribution in [0, 0.1) is 0 Å². The summed E-state index contributed by atoms with van der Waals surface area (Å²) in [4.78, 5) is 28.0. The van der Waals surface area contributed by atoms with Gasteiger partial charge in [0.25, 0.3) is 0 Å². The Bertz CT molecular complexity index is 801. The molecule has 2 N–H and O–H groups in total. The Hall–Kier alpha value is -2.81. The van der Waals surface area contributed by atoms with E-state index in [9.17, 15) is 22.8 Å². The first-order valence-corrected chi connectivity index (χ1v) is 7.95. The first kappa shape index (κ1) is 20.5. The van der Waals surface area contributed by atoms with Gasteiger partial charge in [-0.3, -0.25) is 4.79 Å². The van der Waals surface area contributed by atoms with Gasteiger partial charge in [0.05, 0.1) is 18.6 Å². The van der Waals surface area contributed by atoms with Gasteiger partial charge in [-0.25, -0.2) is 9.78 Å². The molecule has 144 valence electrons. The minimum Gasteiger partial charge on any atom is -0.466 e. The van der Waals surface area contributed by atoms with Gasteiger partial charge in [-0.2, -0.15) is 13.2 Å². The molecule has 1 atom stereocenters. The van der Waals surface area contributed by atoms with Crippen molar-refractivity contribution in [3.05, 3.63) is 59.2 Å². The summed E-state index contributed by atoms with van der Waals surface area (Å²) < 4.78 is 45.8. The van der Waals surface area contributed by atoms with E-state index in [1.54, 1.807) is 35.6 Å². The molecule has 0 radical (unpaired) electrons. The standard InChI is InChI=1S/C17H15ClF3N3O3/c1-27-15(26)16(17(19,20)21,23-13-8-7-12(18)10-22-13)24-14(25)9-11-5-3-2-4-6-11/h2-8,10H,9H2,1H3,(H,22,23)(H,24,25)/t16-/m0/s1. The van der Waals surface area contributed by atoms with E-state index in [0.717, 1.165) is 19.4 Å². The van der Waals surface area contributed by atoms with Crippen LogP contribution in [0.4, 0.5) is 19.0 Å². The number of hydrogen-bond donors (Lipinski definition) is 2. The number of rotatable bonds is 6. The zero-order valence-electron chi connectivity index (χ0n) is 14.0. The van der Waals surface area contributed by atoms with Crippen LogP contribution in [0.5, 0.6) is 0 Å². The maximum absolute atomic E-state index is 13.8. The summed E-state index contributed by atoms with van der Waals surface area (Å²) in [7, 11) is 0.781. The topological polar surface area (TPSA) is 80.3 Å². The van der Waals surface area contributed by atoms with Crippen LogP contribution in [0.1, 0.15) is 5.56 Å². The largest absolute Gasteiger partial charge is 0.466 e. The summed E-state index contributed by atoms with van der Waals surface area (Å²) in [5, 5.41) is 3.82. The van der Waals surface area contributed by atoms with Crippen molar-refractivity contribution in [1.82, 2.24) is 10.3 Å². The molecule has 2 aromatic rings. The number of halogens is 4. The van der Waals surface area contributed by atoms with Crippen LogP contribution in [0.3, 0.4) is 0 Å². The number of anilines is 1. The van der Waals surface area contributed by atoms with E-state index >= 15 is 0 Å². The Kier molecular flexibility index (Phi) is 6.27. The lowest BCUT2D eigenvalue weighted by Crippen LogP contribution is -2.69. The van der Waals surface area contributed by atoms with Crippen LogP contribution in [-0.4, -0.2) is 35.8 Å². The summed E-state index contributed by atoms with van der Waals surface area (Å²) in [6.45, 7) is 0. The normalized spacial score (nSPS) is 13.4. The number of nitrogens with one attached hydrogen (secondary N) is 2. The summed E-state index contributed by atoms with van der Waals surface area (Å²) in [6.07, 6.45) is -4.51. The van der Waals surface area contributed by atoms with Gasteiger partial charge in [0.15, 0.2) is 0 Å². The molecule has 1 heterocycles. The van der Waals surface area contributed by atoms with Crippen LogP contribution in [0.25, 0.3) is 0 Å². The van der Waals surface area contributed by atoms with E-state index in [4.69, 9.17) is 11.6 Å². The molecule has 0 bridgehead atoms. The zero-order valence-corrected chi connectivity index (χ0v) is 14.8. The molecule has 0 aliphatic carbocycles. The molecule has 1 aromatic carbocycles. The summed E-state index contributed by atoms with van der Waals surface area (Å²) in [5.74, 6) is -3.11. The van der Waals surface area contributed by atoms with Crippen molar-refractivity contribution < 1.29 is 27.5 Å². The summed E-state index contributed by atoms with van der Waals surface area (Å²) in [5.41, 5.74) is -3.05. The van der Waals surface area contributed by atoms with Crippen LogP contribution < -0.4 is 10.6 Å². The second kappa shape index (κ2) is 8.26. The van der Waals surface area contributed by atoms with E-state index in [0.29, 0.717) is 5.56 Å².